The molecule has 2 N–H and O–H groups in total. The summed E-state index contributed by atoms with van der Waals surface area (Å²) in [6.07, 6.45) is 1.86. The van der Waals surface area contributed by atoms with Gasteiger partial charge in [0, 0.05) is 17.3 Å². The predicted octanol–water partition coefficient (Wildman–Crippen LogP) is 3.73. The first-order valence-electron chi connectivity index (χ1n) is 8.41. The van der Waals surface area contributed by atoms with E-state index in [2.05, 4.69) is 10.6 Å². The van der Waals surface area contributed by atoms with Crippen LogP contribution in [0.15, 0.2) is 48.5 Å². The number of carbonyl (C=O) groups excluding carboxylic acids is 2. The van der Waals surface area contributed by atoms with Gasteiger partial charge in [0.15, 0.2) is 0 Å². The van der Waals surface area contributed by atoms with E-state index < -0.39 is 5.41 Å². The third kappa shape index (κ3) is 4.02. The Labute approximate surface area is 152 Å². The van der Waals surface area contributed by atoms with Crippen molar-refractivity contribution in [2.24, 2.45) is 5.41 Å². The smallest absolute Gasteiger partial charge is 0.240 e. The van der Waals surface area contributed by atoms with Gasteiger partial charge in [0.1, 0.15) is 5.41 Å². The van der Waals surface area contributed by atoms with Crippen molar-refractivity contribution < 1.29 is 9.59 Å². The lowest BCUT2D eigenvalue weighted by molar-refractivity contribution is -0.134. The highest BCUT2D eigenvalue weighted by Crippen LogP contribution is 2.47. The van der Waals surface area contributed by atoms with Gasteiger partial charge in [-0.25, -0.2) is 0 Å². The van der Waals surface area contributed by atoms with E-state index in [1.54, 1.807) is 0 Å². The molecule has 0 spiro atoms. The summed E-state index contributed by atoms with van der Waals surface area (Å²) >= 11 is 5.96. The third-order valence-corrected chi connectivity index (χ3v) is 4.84. The van der Waals surface area contributed by atoms with Crippen LogP contribution in [0.3, 0.4) is 0 Å². The molecule has 0 aromatic heterocycles. The van der Waals surface area contributed by atoms with Crippen molar-refractivity contribution in [2.45, 2.75) is 26.2 Å². The first-order chi connectivity index (χ1) is 12.0. The van der Waals surface area contributed by atoms with Gasteiger partial charge >= 0.3 is 0 Å². The molecule has 4 nitrogen and oxygen atoms in total. The average Bonchev–Trinajstić information content (AvgIpc) is 3.39. The molecular weight excluding hydrogens is 336 g/mol. The number of aryl methyl sites for hydroxylation is 1. The fraction of sp³-hybridized carbons (Fsp3) is 0.300. The van der Waals surface area contributed by atoms with Gasteiger partial charge in [-0.2, -0.15) is 0 Å². The van der Waals surface area contributed by atoms with E-state index in [0.717, 1.165) is 16.8 Å². The molecule has 2 amide bonds. The van der Waals surface area contributed by atoms with Crippen molar-refractivity contribution in [1.29, 1.82) is 0 Å². The van der Waals surface area contributed by atoms with Crippen LogP contribution in [0.4, 0.5) is 5.69 Å². The van der Waals surface area contributed by atoms with E-state index >= 15 is 0 Å². The summed E-state index contributed by atoms with van der Waals surface area (Å²) in [5.74, 6) is -0.414. The zero-order chi connectivity index (χ0) is 17.9. The molecule has 0 radical (unpaired) electrons. The van der Waals surface area contributed by atoms with Gasteiger partial charge in [-0.3, -0.25) is 9.59 Å². The predicted molar refractivity (Wildman–Crippen MR) is 99.6 cm³/mol. The molecule has 0 atom stereocenters. The molecule has 2 aromatic carbocycles. The van der Waals surface area contributed by atoms with Crippen LogP contribution >= 0.6 is 11.6 Å². The quantitative estimate of drug-likeness (QED) is 0.775. The maximum Gasteiger partial charge on any atom is 0.240 e. The molecule has 0 saturated heterocycles. The minimum Gasteiger partial charge on any atom is -0.355 e. The van der Waals surface area contributed by atoms with Gasteiger partial charge in [0.25, 0.3) is 0 Å². The Bertz CT molecular complexity index is 800. The maximum atomic E-state index is 12.6. The van der Waals surface area contributed by atoms with Gasteiger partial charge in [-0.05, 0) is 55.5 Å². The second-order valence-electron chi connectivity index (χ2n) is 6.49. The van der Waals surface area contributed by atoms with Crippen molar-refractivity contribution in [3.63, 3.8) is 0 Å². The zero-order valence-corrected chi connectivity index (χ0v) is 14.9. The number of nitrogens with one attached hydrogen (secondary N) is 2. The Balaban J connectivity index is 1.56. The van der Waals surface area contributed by atoms with Crippen LogP contribution in [-0.2, 0) is 16.0 Å². The van der Waals surface area contributed by atoms with Gasteiger partial charge in [0.05, 0.1) is 0 Å². The molecule has 0 heterocycles. The molecule has 1 aliphatic carbocycles. The highest BCUT2D eigenvalue weighted by Gasteiger charge is 2.56. The summed E-state index contributed by atoms with van der Waals surface area (Å²) in [6, 6.07) is 15.1. The zero-order valence-electron chi connectivity index (χ0n) is 14.1. The normalized spacial score (nSPS) is 14.6. The lowest BCUT2D eigenvalue weighted by Gasteiger charge is -2.16. The number of hydrogen-bond acceptors (Lipinski definition) is 2. The van der Waals surface area contributed by atoms with Crippen LogP contribution in [0, 0.1) is 12.3 Å². The summed E-state index contributed by atoms with van der Waals surface area (Å²) in [6.45, 7) is 2.42. The number of hydrogen-bond donors (Lipinski definition) is 2. The average molecular weight is 357 g/mol. The van der Waals surface area contributed by atoms with Crippen LogP contribution in [0.25, 0.3) is 0 Å². The SMILES string of the molecule is Cc1ccccc1NC(=O)C1(C(=O)NCCc2cccc(Cl)c2)CC1. The van der Waals surface area contributed by atoms with Crippen LogP contribution < -0.4 is 10.6 Å². The molecule has 2 aromatic rings. The highest BCUT2D eigenvalue weighted by molar-refractivity contribution is 6.30. The maximum absolute atomic E-state index is 12.6. The second-order valence-corrected chi connectivity index (χ2v) is 6.92. The van der Waals surface area contributed by atoms with Gasteiger partial charge in [-0.1, -0.05) is 41.9 Å². The Morgan fingerprint density at radius 3 is 2.52 bits per heavy atom. The molecule has 0 unspecified atom stereocenters. The first-order valence-corrected chi connectivity index (χ1v) is 8.79. The van der Waals surface area contributed by atoms with Crippen molar-refractivity contribution in [2.75, 3.05) is 11.9 Å². The van der Waals surface area contributed by atoms with E-state index in [1.165, 1.54) is 0 Å². The van der Waals surface area contributed by atoms with E-state index in [1.807, 2.05) is 55.5 Å². The third-order valence-electron chi connectivity index (χ3n) is 4.60. The summed E-state index contributed by atoms with van der Waals surface area (Å²) in [5, 5.41) is 6.46. The van der Waals surface area contributed by atoms with E-state index in [0.29, 0.717) is 30.8 Å². The number of amides is 2. The number of carbonyl (C=O) groups is 2. The first kappa shape index (κ1) is 17.5. The molecule has 1 aliphatic rings. The van der Waals surface area contributed by atoms with E-state index in [9.17, 15) is 9.59 Å². The minimum absolute atomic E-state index is 0.194. The monoisotopic (exact) mass is 356 g/mol. The standard InChI is InChI=1S/C20H21ClN2O2/c1-14-5-2-3-8-17(14)23-19(25)20(10-11-20)18(24)22-12-9-15-6-4-7-16(21)13-15/h2-8,13H,9-12H2,1H3,(H,22,24)(H,23,25). The fourth-order valence-corrected chi connectivity index (χ4v) is 3.03. The molecule has 0 aliphatic heterocycles. The lowest BCUT2D eigenvalue weighted by atomic mass is 10.0. The molecule has 1 fully saturated rings. The van der Waals surface area contributed by atoms with Crippen LogP contribution in [0.2, 0.25) is 5.02 Å². The fourth-order valence-electron chi connectivity index (χ4n) is 2.82. The number of halogens is 1. The van der Waals surface area contributed by atoms with Crippen LogP contribution in [0.1, 0.15) is 24.0 Å². The minimum atomic E-state index is -0.920. The van der Waals surface area contributed by atoms with E-state index in [4.69, 9.17) is 11.6 Å². The van der Waals surface area contributed by atoms with Gasteiger partial charge in [-0.15, -0.1) is 0 Å². The number of benzene rings is 2. The summed E-state index contributed by atoms with van der Waals surface area (Å²) in [4.78, 5) is 25.1. The number of rotatable bonds is 6. The van der Waals surface area contributed by atoms with Crippen LogP contribution in [0.5, 0.6) is 0 Å². The van der Waals surface area contributed by atoms with E-state index in [-0.39, 0.29) is 11.8 Å². The van der Waals surface area contributed by atoms with Gasteiger partial charge in [0.2, 0.25) is 11.8 Å². The summed E-state index contributed by atoms with van der Waals surface area (Å²) < 4.78 is 0. The summed E-state index contributed by atoms with van der Waals surface area (Å²) in [5.41, 5.74) is 1.87. The molecular formula is C20H21ClN2O2. The molecule has 130 valence electrons. The Hall–Kier alpha value is -2.33. The van der Waals surface area contributed by atoms with Gasteiger partial charge < -0.3 is 10.6 Å². The topological polar surface area (TPSA) is 58.2 Å². The molecule has 1 saturated carbocycles. The lowest BCUT2D eigenvalue weighted by Crippen LogP contribution is -2.40. The molecule has 5 heteroatoms. The van der Waals surface area contributed by atoms with Crippen molar-refractivity contribution in [1.82, 2.24) is 5.32 Å². The largest absolute Gasteiger partial charge is 0.355 e. The number of anilines is 1. The van der Waals surface area contributed by atoms with Crippen molar-refractivity contribution >= 4 is 29.1 Å². The number of para-hydroxylation sites is 1. The Morgan fingerprint density at radius 1 is 1.08 bits per heavy atom. The molecule has 25 heavy (non-hydrogen) atoms. The Kier molecular flexibility index (Phi) is 5.09. The van der Waals surface area contributed by atoms with Crippen molar-refractivity contribution in [3.05, 3.63) is 64.7 Å². The van der Waals surface area contributed by atoms with Crippen molar-refractivity contribution in [3.8, 4) is 0 Å². The molecule has 0 bridgehead atoms. The molecule has 3 rings (SSSR count). The Morgan fingerprint density at radius 2 is 1.84 bits per heavy atom. The van der Waals surface area contributed by atoms with Crippen LogP contribution in [-0.4, -0.2) is 18.4 Å². The highest BCUT2D eigenvalue weighted by atomic mass is 35.5. The second kappa shape index (κ2) is 7.28. The summed E-state index contributed by atoms with van der Waals surface area (Å²) in [7, 11) is 0.